The predicted octanol–water partition coefficient (Wildman–Crippen LogP) is 5.98. The molecule has 0 spiro atoms. The highest BCUT2D eigenvalue weighted by atomic mass is 16.6. The molecule has 0 radical (unpaired) electrons. The zero-order chi connectivity index (χ0) is 18.9. The van der Waals surface area contributed by atoms with E-state index >= 15 is 0 Å². The van der Waals surface area contributed by atoms with Crippen LogP contribution in [0.1, 0.15) is 78.5 Å². The Morgan fingerprint density at radius 3 is 1.88 bits per heavy atom. The SMILES string of the molecule is Cc1cccc(C)c1C(C)(C)CC(C)(C)OC(=O)C(C)(C)C(C)C. The fourth-order valence-corrected chi connectivity index (χ4v) is 3.69. The largest absolute Gasteiger partial charge is 0.459 e. The lowest BCUT2D eigenvalue weighted by atomic mass is 9.73. The number of carbonyl (C=O) groups is 1. The van der Waals surface area contributed by atoms with Crippen molar-refractivity contribution in [3.05, 3.63) is 34.9 Å². The lowest BCUT2D eigenvalue weighted by Crippen LogP contribution is -2.41. The lowest BCUT2D eigenvalue weighted by Gasteiger charge is -2.39. The Bertz CT molecular complexity index is 572. The summed E-state index contributed by atoms with van der Waals surface area (Å²) in [6.07, 6.45) is 0.783. The summed E-state index contributed by atoms with van der Waals surface area (Å²) in [5.41, 5.74) is 2.90. The Hall–Kier alpha value is -1.31. The molecule has 0 saturated heterocycles. The van der Waals surface area contributed by atoms with Gasteiger partial charge in [0, 0.05) is 0 Å². The highest BCUT2D eigenvalue weighted by Gasteiger charge is 2.39. The van der Waals surface area contributed by atoms with Gasteiger partial charge in [-0.15, -0.1) is 0 Å². The second kappa shape index (κ2) is 6.90. The Labute approximate surface area is 149 Å². The molecular weight excluding hydrogens is 296 g/mol. The smallest absolute Gasteiger partial charge is 0.312 e. The monoisotopic (exact) mass is 332 g/mol. The van der Waals surface area contributed by atoms with Crippen LogP contribution in [0.25, 0.3) is 0 Å². The molecule has 0 aliphatic carbocycles. The average Bonchev–Trinajstić information content (AvgIpc) is 2.35. The third-order valence-electron chi connectivity index (χ3n) is 5.36. The van der Waals surface area contributed by atoms with Crippen molar-refractivity contribution < 1.29 is 9.53 Å². The molecule has 1 aromatic carbocycles. The average molecular weight is 333 g/mol. The Kier molecular flexibility index (Phi) is 5.96. The molecule has 0 saturated carbocycles. The van der Waals surface area contributed by atoms with Crippen molar-refractivity contribution in [1.29, 1.82) is 0 Å². The summed E-state index contributed by atoms with van der Waals surface area (Å²) in [7, 11) is 0. The van der Waals surface area contributed by atoms with Gasteiger partial charge < -0.3 is 4.74 Å². The third kappa shape index (κ3) is 4.62. The molecule has 0 fully saturated rings. The summed E-state index contributed by atoms with van der Waals surface area (Å²) >= 11 is 0. The van der Waals surface area contributed by atoms with Gasteiger partial charge in [0.05, 0.1) is 5.41 Å². The maximum Gasteiger partial charge on any atom is 0.312 e. The topological polar surface area (TPSA) is 26.3 Å². The van der Waals surface area contributed by atoms with Crippen LogP contribution in [0.4, 0.5) is 0 Å². The molecule has 1 aromatic rings. The zero-order valence-electron chi connectivity index (χ0n) is 17.3. The summed E-state index contributed by atoms with van der Waals surface area (Å²) in [5, 5.41) is 0. The van der Waals surface area contributed by atoms with Crippen LogP contribution in [0.2, 0.25) is 0 Å². The van der Waals surface area contributed by atoms with E-state index in [1.54, 1.807) is 0 Å². The van der Waals surface area contributed by atoms with E-state index in [0.717, 1.165) is 6.42 Å². The van der Waals surface area contributed by atoms with Crippen molar-refractivity contribution in [2.45, 2.75) is 86.7 Å². The van der Waals surface area contributed by atoms with Crippen molar-refractivity contribution in [2.24, 2.45) is 11.3 Å². The summed E-state index contributed by atoms with van der Waals surface area (Å²) in [5.74, 6) is 0.132. The van der Waals surface area contributed by atoms with Gasteiger partial charge in [0.2, 0.25) is 0 Å². The molecule has 2 nitrogen and oxygen atoms in total. The van der Waals surface area contributed by atoms with Crippen LogP contribution in [-0.4, -0.2) is 11.6 Å². The van der Waals surface area contributed by atoms with Crippen molar-refractivity contribution >= 4 is 5.97 Å². The van der Waals surface area contributed by atoms with E-state index in [0.29, 0.717) is 0 Å². The first-order valence-electron chi connectivity index (χ1n) is 9.01. The van der Waals surface area contributed by atoms with Crippen LogP contribution < -0.4 is 0 Å². The van der Waals surface area contributed by atoms with Gasteiger partial charge in [0.25, 0.3) is 0 Å². The number of esters is 1. The highest BCUT2D eigenvalue weighted by Crippen LogP contribution is 2.39. The fourth-order valence-electron chi connectivity index (χ4n) is 3.69. The molecule has 24 heavy (non-hydrogen) atoms. The van der Waals surface area contributed by atoms with E-state index in [9.17, 15) is 4.79 Å². The minimum Gasteiger partial charge on any atom is -0.459 e. The molecule has 0 atom stereocenters. The Morgan fingerprint density at radius 2 is 1.46 bits per heavy atom. The number of aryl methyl sites for hydroxylation is 2. The van der Waals surface area contributed by atoms with Gasteiger partial charge >= 0.3 is 5.97 Å². The molecule has 0 aromatic heterocycles. The molecule has 0 amide bonds. The van der Waals surface area contributed by atoms with E-state index in [-0.39, 0.29) is 17.3 Å². The van der Waals surface area contributed by atoms with Crippen molar-refractivity contribution in [2.75, 3.05) is 0 Å². The number of hydrogen-bond acceptors (Lipinski definition) is 2. The third-order valence-corrected chi connectivity index (χ3v) is 5.36. The van der Waals surface area contributed by atoms with Gasteiger partial charge in [0.1, 0.15) is 5.60 Å². The number of carbonyl (C=O) groups excluding carboxylic acids is 1. The summed E-state index contributed by atoms with van der Waals surface area (Å²) in [6, 6.07) is 6.41. The maximum absolute atomic E-state index is 12.7. The van der Waals surface area contributed by atoms with Crippen LogP contribution in [0.3, 0.4) is 0 Å². The van der Waals surface area contributed by atoms with Crippen LogP contribution in [-0.2, 0) is 14.9 Å². The van der Waals surface area contributed by atoms with Crippen LogP contribution in [0, 0.1) is 25.2 Å². The zero-order valence-corrected chi connectivity index (χ0v) is 17.3. The normalized spacial score (nSPS) is 13.3. The maximum atomic E-state index is 12.7. The van der Waals surface area contributed by atoms with Crippen LogP contribution >= 0.6 is 0 Å². The molecule has 0 bridgehead atoms. The number of benzene rings is 1. The predicted molar refractivity (Wildman–Crippen MR) is 102 cm³/mol. The van der Waals surface area contributed by atoms with Crippen molar-refractivity contribution in [3.63, 3.8) is 0 Å². The number of ether oxygens (including phenoxy) is 1. The second-order valence-corrected chi connectivity index (χ2v) is 9.35. The molecule has 0 aliphatic heterocycles. The van der Waals surface area contributed by atoms with E-state index in [1.807, 2.05) is 27.7 Å². The Balaban J connectivity index is 3.03. The summed E-state index contributed by atoms with van der Waals surface area (Å²) in [6.45, 7) is 20.9. The van der Waals surface area contributed by atoms with Crippen LogP contribution in [0.15, 0.2) is 18.2 Å². The quantitative estimate of drug-likeness (QED) is 0.599. The van der Waals surface area contributed by atoms with Crippen molar-refractivity contribution in [3.8, 4) is 0 Å². The van der Waals surface area contributed by atoms with Gasteiger partial charge in [0.15, 0.2) is 0 Å². The summed E-state index contributed by atoms with van der Waals surface area (Å²) in [4.78, 5) is 12.7. The molecular formula is C22H36O2. The van der Waals surface area contributed by atoms with Gasteiger partial charge in [-0.25, -0.2) is 0 Å². The lowest BCUT2D eigenvalue weighted by molar-refractivity contribution is -0.171. The van der Waals surface area contributed by atoms with Gasteiger partial charge in [-0.3, -0.25) is 4.79 Å². The molecule has 0 N–H and O–H groups in total. The van der Waals surface area contributed by atoms with Crippen molar-refractivity contribution in [1.82, 2.24) is 0 Å². The van der Waals surface area contributed by atoms with E-state index < -0.39 is 11.0 Å². The minimum atomic E-state index is -0.512. The first-order valence-corrected chi connectivity index (χ1v) is 9.01. The molecule has 1 rings (SSSR count). The first-order chi connectivity index (χ1) is 10.7. The molecule has 0 unspecified atom stereocenters. The minimum absolute atomic E-state index is 0.0683. The van der Waals surface area contributed by atoms with E-state index in [2.05, 4.69) is 59.7 Å². The van der Waals surface area contributed by atoms with Gasteiger partial charge in [-0.1, -0.05) is 45.9 Å². The number of hydrogen-bond donors (Lipinski definition) is 0. The van der Waals surface area contributed by atoms with E-state index in [4.69, 9.17) is 4.74 Å². The highest BCUT2D eigenvalue weighted by molar-refractivity contribution is 5.76. The van der Waals surface area contributed by atoms with Crippen LogP contribution in [0.5, 0.6) is 0 Å². The fraction of sp³-hybridized carbons (Fsp3) is 0.682. The second-order valence-electron chi connectivity index (χ2n) is 9.35. The first kappa shape index (κ1) is 20.7. The molecule has 0 aliphatic rings. The van der Waals surface area contributed by atoms with Gasteiger partial charge in [-0.05, 0) is 76.0 Å². The molecule has 2 heteroatoms. The van der Waals surface area contributed by atoms with E-state index in [1.165, 1.54) is 16.7 Å². The van der Waals surface area contributed by atoms with Gasteiger partial charge in [-0.2, -0.15) is 0 Å². The molecule has 136 valence electrons. The summed E-state index contributed by atoms with van der Waals surface area (Å²) < 4.78 is 5.96. The molecule has 0 heterocycles. The Morgan fingerprint density at radius 1 is 1.00 bits per heavy atom. The standard InChI is InChI=1S/C22H36O2/c1-15(2)22(9,10)19(23)24-21(7,8)14-20(5,6)18-16(3)12-11-13-17(18)4/h11-13,15H,14H2,1-10H3. The number of rotatable bonds is 6.